The largest absolute Gasteiger partial charge is 0.416 e. The van der Waals surface area contributed by atoms with Crippen LogP contribution in [0.15, 0.2) is 71.6 Å². The van der Waals surface area contributed by atoms with Crippen LogP contribution in [0.2, 0.25) is 0 Å². The van der Waals surface area contributed by atoms with Crippen molar-refractivity contribution in [1.29, 1.82) is 0 Å². The van der Waals surface area contributed by atoms with E-state index < -0.39 is 27.9 Å². The fraction of sp³-hybridized carbons (Fsp3) is 0.344. The van der Waals surface area contributed by atoms with Gasteiger partial charge in [-0.05, 0) is 59.0 Å². The molecule has 1 saturated heterocycles. The Hall–Kier alpha value is -4.07. The number of nitrogens with zero attached hydrogens (tertiary/aromatic N) is 1. The first-order valence-corrected chi connectivity index (χ1v) is 15.9. The smallest absolute Gasteiger partial charge is 0.393 e. The standard InChI is InChI=1S/C32H35F3N4O5S/c1-31(2,3)22-8-11-25(12-9-22)45(41,42)38-24-10-13-27-26(20-24)28(21-4-6-23(7-5-21)32(33,34)35)29(37-27)44-30(40)36-14-15-39-16-18-43-19-17-39/h4-13,20,37-38H,14-19H2,1-3H3,(H,36,40). The quantitative estimate of drug-likeness (QED) is 0.206. The molecule has 13 heteroatoms. The number of aromatic nitrogens is 1. The van der Waals surface area contributed by atoms with Gasteiger partial charge in [-0.15, -0.1) is 0 Å². The summed E-state index contributed by atoms with van der Waals surface area (Å²) in [5, 5.41) is 3.14. The third-order valence-corrected chi connectivity index (χ3v) is 8.94. The molecule has 3 aromatic carbocycles. The van der Waals surface area contributed by atoms with Gasteiger partial charge in [-0.2, -0.15) is 13.2 Å². The molecule has 0 radical (unpaired) electrons. The second kappa shape index (κ2) is 12.7. The van der Waals surface area contributed by atoms with Crippen molar-refractivity contribution in [3.05, 3.63) is 77.9 Å². The molecule has 0 saturated carbocycles. The topological polar surface area (TPSA) is 113 Å². The van der Waals surface area contributed by atoms with Gasteiger partial charge in [0.25, 0.3) is 10.0 Å². The van der Waals surface area contributed by atoms with E-state index in [1.165, 1.54) is 24.3 Å². The van der Waals surface area contributed by atoms with Gasteiger partial charge in [-0.3, -0.25) is 9.62 Å². The molecule has 0 atom stereocenters. The maximum absolute atomic E-state index is 13.3. The predicted molar refractivity (Wildman–Crippen MR) is 166 cm³/mol. The van der Waals surface area contributed by atoms with Crippen molar-refractivity contribution in [2.45, 2.75) is 37.3 Å². The van der Waals surface area contributed by atoms with Crippen molar-refractivity contribution < 1.29 is 35.9 Å². The number of halogens is 3. The molecule has 0 spiro atoms. The van der Waals surface area contributed by atoms with Crippen LogP contribution in [0, 0.1) is 0 Å². The zero-order chi connectivity index (χ0) is 32.4. The molecule has 5 rings (SSSR count). The number of carbonyl (C=O) groups is 1. The fourth-order valence-electron chi connectivity index (χ4n) is 5.04. The number of H-pyrrole nitrogens is 1. The molecule has 1 aliphatic rings. The highest BCUT2D eigenvalue weighted by atomic mass is 32.2. The van der Waals surface area contributed by atoms with E-state index in [1.54, 1.807) is 30.3 Å². The minimum Gasteiger partial charge on any atom is -0.393 e. The Bertz CT molecular complexity index is 1760. The number of alkyl halides is 3. The van der Waals surface area contributed by atoms with Gasteiger partial charge >= 0.3 is 12.3 Å². The number of fused-ring (bicyclic) bond motifs is 1. The van der Waals surface area contributed by atoms with Gasteiger partial charge in [-0.25, -0.2) is 13.2 Å². The van der Waals surface area contributed by atoms with E-state index in [2.05, 4.69) is 19.9 Å². The zero-order valence-electron chi connectivity index (χ0n) is 25.1. The fourth-order valence-corrected chi connectivity index (χ4v) is 6.09. The van der Waals surface area contributed by atoms with Crippen molar-refractivity contribution in [1.82, 2.24) is 15.2 Å². The highest BCUT2D eigenvalue weighted by Crippen LogP contribution is 2.40. The van der Waals surface area contributed by atoms with Gasteiger partial charge in [0.15, 0.2) is 0 Å². The number of nitrogens with one attached hydrogen (secondary N) is 3. The number of sulfonamides is 1. The van der Waals surface area contributed by atoms with E-state index in [9.17, 15) is 26.4 Å². The first kappa shape index (κ1) is 32.3. The Balaban J connectivity index is 1.43. The van der Waals surface area contributed by atoms with Crippen LogP contribution in [0.5, 0.6) is 5.88 Å². The minimum absolute atomic E-state index is 0.00593. The van der Waals surface area contributed by atoms with Gasteiger partial charge in [0.05, 0.1) is 29.2 Å². The first-order valence-electron chi connectivity index (χ1n) is 14.4. The molecular weight excluding hydrogens is 609 g/mol. The second-order valence-electron chi connectivity index (χ2n) is 11.8. The molecule has 0 bridgehead atoms. The van der Waals surface area contributed by atoms with Crippen LogP contribution in [0.1, 0.15) is 31.9 Å². The zero-order valence-corrected chi connectivity index (χ0v) is 25.9. The maximum atomic E-state index is 13.3. The van der Waals surface area contributed by atoms with Crippen LogP contribution in [0.3, 0.4) is 0 Å². The number of hydrogen-bond acceptors (Lipinski definition) is 6. The van der Waals surface area contributed by atoms with Gasteiger partial charge in [0.1, 0.15) is 0 Å². The van der Waals surface area contributed by atoms with Gasteiger partial charge < -0.3 is 19.8 Å². The van der Waals surface area contributed by atoms with E-state index in [0.29, 0.717) is 48.3 Å². The lowest BCUT2D eigenvalue weighted by molar-refractivity contribution is -0.137. The maximum Gasteiger partial charge on any atom is 0.416 e. The number of hydrogen-bond donors (Lipinski definition) is 3. The summed E-state index contributed by atoms with van der Waals surface area (Å²) < 4.78 is 79.9. The van der Waals surface area contributed by atoms with Crippen LogP contribution in [-0.2, 0) is 26.4 Å². The molecule has 240 valence electrons. The van der Waals surface area contributed by atoms with E-state index in [-0.39, 0.29) is 21.9 Å². The Kier molecular flexibility index (Phi) is 9.15. The average Bonchev–Trinajstić information content (AvgIpc) is 3.33. The number of amides is 1. The van der Waals surface area contributed by atoms with Crippen LogP contribution in [0.4, 0.5) is 23.7 Å². The Morgan fingerprint density at radius 3 is 2.22 bits per heavy atom. The lowest BCUT2D eigenvalue weighted by Crippen LogP contribution is -2.41. The SMILES string of the molecule is CC(C)(C)c1ccc(S(=O)(=O)Nc2ccc3[nH]c(OC(=O)NCCN4CCOCC4)c(-c4ccc(C(F)(F)F)cc4)c3c2)cc1. The summed E-state index contributed by atoms with van der Waals surface area (Å²) in [6.07, 6.45) is -5.28. The summed E-state index contributed by atoms with van der Waals surface area (Å²) in [6.45, 7) is 9.76. The number of rotatable bonds is 8. The highest BCUT2D eigenvalue weighted by Gasteiger charge is 2.30. The molecule has 0 unspecified atom stereocenters. The summed E-state index contributed by atoms with van der Waals surface area (Å²) in [4.78, 5) is 18.0. The summed E-state index contributed by atoms with van der Waals surface area (Å²) in [6, 6.07) is 15.7. The second-order valence-corrected chi connectivity index (χ2v) is 13.5. The van der Waals surface area contributed by atoms with Crippen LogP contribution < -0.4 is 14.8 Å². The molecule has 1 aliphatic heterocycles. The number of carbonyl (C=O) groups excluding carboxylic acids is 1. The Morgan fingerprint density at radius 2 is 1.60 bits per heavy atom. The monoisotopic (exact) mass is 644 g/mol. The van der Waals surface area contributed by atoms with Crippen molar-refractivity contribution in [3.63, 3.8) is 0 Å². The molecule has 1 amide bonds. The predicted octanol–water partition coefficient (Wildman–Crippen LogP) is 6.37. The van der Waals surface area contributed by atoms with Gasteiger partial charge in [0, 0.05) is 42.8 Å². The van der Waals surface area contributed by atoms with Crippen molar-refractivity contribution in [2.24, 2.45) is 0 Å². The summed E-state index contributed by atoms with van der Waals surface area (Å²) in [5.74, 6) is 0.00593. The normalized spacial score (nSPS) is 14.8. The van der Waals surface area contributed by atoms with Crippen LogP contribution in [0.25, 0.3) is 22.0 Å². The Morgan fingerprint density at radius 1 is 0.956 bits per heavy atom. The van der Waals surface area contributed by atoms with Gasteiger partial charge in [0.2, 0.25) is 5.88 Å². The summed E-state index contributed by atoms with van der Waals surface area (Å²) in [5.41, 5.74) is 1.34. The van der Waals surface area contributed by atoms with Crippen molar-refractivity contribution in [3.8, 4) is 17.0 Å². The van der Waals surface area contributed by atoms with Crippen LogP contribution in [-0.4, -0.2) is 63.8 Å². The molecule has 2 heterocycles. The number of aromatic amines is 1. The van der Waals surface area contributed by atoms with Gasteiger partial charge in [-0.1, -0.05) is 45.0 Å². The molecule has 0 aliphatic carbocycles. The molecule has 45 heavy (non-hydrogen) atoms. The molecule has 3 N–H and O–H groups in total. The highest BCUT2D eigenvalue weighted by molar-refractivity contribution is 7.92. The number of morpholine rings is 1. The molecule has 1 aromatic heterocycles. The third-order valence-electron chi connectivity index (χ3n) is 7.54. The molecular formula is C32H35F3N4O5S. The lowest BCUT2D eigenvalue weighted by atomic mass is 9.87. The lowest BCUT2D eigenvalue weighted by Gasteiger charge is -2.26. The van der Waals surface area contributed by atoms with Crippen molar-refractivity contribution >= 4 is 32.7 Å². The first-order chi connectivity index (χ1) is 21.2. The van der Waals surface area contributed by atoms with Crippen molar-refractivity contribution in [2.75, 3.05) is 44.1 Å². The number of benzene rings is 3. The molecule has 9 nitrogen and oxygen atoms in total. The van der Waals surface area contributed by atoms with E-state index in [4.69, 9.17) is 9.47 Å². The minimum atomic E-state index is -4.53. The third kappa shape index (κ3) is 7.78. The van der Waals surface area contributed by atoms with E-state index in [0.717, 1.165) is 30.8 Å². The van der Waals surface area contributed by atoms with Crippen LogP contribution >= 0.6 is 0 Å². The Labute approximate surface area is 259 Å². The number of anilines is 1. The van der Waals surface area contributed by atoms with E-state index in [1.807, 2.05) is 20.8 Å². The summed E-state index contributed by atoms with van der Waals surface area (Å²) in [7, 11) is -3.97. The summed E-state index contributed by atoms with van der Waals surface area (Å²) >= 11 is 0. The van der Waals surface area contributed by atoms with E-state index >= 15 is 0 Å². The molecule has 1 fully saturated rings. The average molecular weight is 645 g/mol. The molecule has 4 aromatic rings. The number of ether oxygens (including phenoxy) is 2.